The topological polar surface area (TPSA) is 84.3 Å². The summed E-state index contributed by atoms with van der Waals surface area (Å²) in [6, 6.07) is 4.71. The van der Waals surface area contributed by atoms with Gasteiger partial charge in [0.1, 0.15) is 11.3 Å². The molecule has 1 amide bonds. The van der Waals surface area contributed by atoms with Gasteiger partial charge in [-0.05, 0) is 31.4 Å². The van der Waals surface area contributed by atoms with E-state index in [4.69, 9.17) is 0 Å². The number of anilines is 1. The van der Waals surface area contributed by atoms with Crippen LogP contribution in [0.25, 0.3) is 0 Å². The molecule has 1 aromatic rings. The number of nitro groups is 1. The lowest BCUT2D eigenvalue weighted by Crippen LogP contribution is -2.47. The number of nitro benzene ring substituents is 1. The summed E-state index contributed by atoms with van der Waals surface area (Å²) in [7, 11) is 1.60. The molecule has 0 aliphatic heterocycles. The van der Waals surface area contributed by atoms with Crippen molar-refractivity contribution in [2.24, 2.45) is 0 Å². The molecule has 0 atom stereocenters. The highest BCUT2D eigenvalue weighted by Gasteiger charge is 2.30. The Morgan fingerprint density at radius 1 is 1.24 bits per heavy atom. The molecule has 0 aromatic heterocycles. The van der Waals surface area contributed by atoms with Crippen LogP contribution in [0.3, 0.4) is 0 Å². The number of nitrogens with one attached hydrogen (secondary N) is 2. The van der Waals surface area contributed by atoms with Gasteiger partial charge in [-0.2, -0.15) is 0 Å². The van der Waals surface area contributed by atoms with E-state index >= 15 is 0 Å². The van der Waals surface area contributed by atoms with Crippen LogP contribution in [0.1, 0.15) is 50.4 Å². The SMILES string of the molecule is CCC(CC)(CC)NC(=O)c1cccc(NC)c1[N+](=O)[O-]. The lowest BCUT2D eigenvalue weighted by molar-refractivity contribution is -0.384. The van der Waals surface area contributed by atoms with Gasteiger partial charge in [0.15, 0.2) is 0 Å². The van der Waals surface area contributed by atoms with Crippen molar-refractivity contribution in [1.82, 2.24) is 5.32 Å². The maximum absolute atomic E-state index is 12.5. The molecule has 0 aliphatic rings. The number of hydrogen-bond acceptors (Lipinski definition) is 4. The third kappa shape index (κ3) is 3.51. The van der Waals surface area contributed by atoms with Gasteiger partial charge in [-0.25, -0.2) is 0 Å². The third-order valence-electron chi connectivity index (χ3n) is 4.14. The maximum Gasteiger partial charge on any atom is 0.305 e. The Morgan fingerprint density at radius 2 is 1.81 bits per heavy atom. The molecule has 6 nitrogen and oxygen atoms in total. The van der Waals surface area contributed by atoms with E-state index in [1.54, 1.807) is 19.2 Å². The summed E-state index contributed by atoms with van der Waals surface area (Å²) in [4.78, 5) is 23.2. The summed E-state index contributed by atoms with van der Waals surface area (Å²) in [6.45, 7) is 6.02. The van der Waals surface area contributed by atoms with Crippen molar-refractivity contribution in [2.45, 2.75) is 45.6 Å². The molecule has 116 valence electrons. The Kier molecular flexibility index (Phi) is 5.69. The lowest BCUT2D eigenvalue weighted by atomic mass is 9.89. The summed E-state index contributed by atoms with van der Waals surface area (Å²) in [5.74, 6) is -0.399. The van der Waals surface area contributed by atoms with Crippen LogP contribution in [0.5, 0.6) is 0 Å². The van der Waals surface area contributed by atoms with Crippen molar-refractivity contribution >= 4 is 17.3 Å². The molecule has 0 saturated carbocycles. The highest BCUT2D eigenvalue weighted by atomic mass is 16.6. The van der Waals surface area contributed by atoms with Crippen LogP contribution >= 0.6 is 0 Å². The molecule has 0 spiro atoms. The average molecular weight is 293 g/mol. The van der Waals surface area contributed by atoms with Gasteiger partial charge in [-0.1, -0.05) is 26.8 Å². The number of carbonyl (C=O) groups excluding carboxylic acids is 1. The molecule has 0 radical (unpaired) electrons. The molecule has 0 bridgehead atoms. The first kappa shape index (κ1) is 16.9. The molecular weight excluding hydrogens is 270 g/mol. The Hall–Kier alpha value is -2.11. The van der Waals surface area contributed by atoms with Gasteiger partial charge in [-0.15, -0.1) is 0 Å². The quantitative estimate of drug-likeness (QED) is 0.596. The average Bonchev–Trinajstić information content (AvgIpc) is 2.51. The predicted octanol–water partition coefficient (Wildman–Crippen LogP) is 3.34. The van der Waals surface area contributed by atoms with Gasteiger partial charge < -0.3 is 10.6 Å². The van der Waals surface area contributed by atoms with Crippen LogP contribution in [-0.2, 0) is 0 Å². The molecule has 1 aromatic carbocycles. The highest BCUT2D eigenvalue weighted by molar-refractivity contribution is 6.00. The van der Waals surface area contributed by atoms with Gasteiger partial charge in [0.05, 0.1) is 4.92 Å². The second kappa shape index (κ2) is 7.06. The van der Waals surface area contributed by atoms with E-state index in [1.807, 2.05) is 20.8 Å². The zero-order chi connectivity index (χ0) is 16.0. The first-order valence-electron chi connectivity index (χ1n) is 7.22. The van der Waals surface area contributed by atoms with Crippen molar-refractivity contribution in [3.63, 3.8) is 0 Å². The third-order valence-corrected chi connectivity index (χ3v) is 4.14. The fourth-order valence-corrected chi connectivity index (χ4v) is 2.45. The first-order chi connectivity index (χ1) is 9.94. The number of para-hydroxylation sites is 1. The summed E-state index contributed by atoms with van der Waals surface area (Å²) < 4.78 is 0. The number of amides is 1. The minimum absolute atomic E-state index is 0.0894. The van der Waals surface area contributed by atoms with Gasteiger partial charge >= 0.3 is 5.69 Å². The van der Waals surface area contributed by atoms with Gasteiger partial charge in [-0.3, -0.25) is 14.9 Å². The fourth-order valence-electron chi connectivity index (χ4n) is 2.45. The maximum atomic E-state index is 12.5. The largest absolute Gasteiger partial charge is 0.383 e. The van der Waals surface area contributed by atoms with Crippen LogP contribution < -0.4 is 10.6 Å². The molecule has 0 aliphatic carbocycles. The Bertz CT molecular complexity index is 517. The molecule has 0 heterocycles. The number of rotatable bonds is 7. The smallest absolute Gasteiger partial charge is 0.305 e. The molecular formula is C15H23N3O3. The fraction of sp³-hybridized carbons (Fsp3) is 0.533. The summed E-state index contributed by atoms with van der Waals surface area (Å²) in [5, 5.41) is 17.0. The number of hydrogen-bond donors (Lipinski definition) is 2. The predicted molar refractivity (Wildman–Crippen MR) is 83.7 cm³/mol. The van der Waals surface area contributed by atoms with E-state index in [9.17, 15) is 14.9 Å². The van der Waals surface area contributed by atoms with Gasteiger partial charge in [0.2, 0.25) is 0 Å². The van der Waals surface area contributed by atoms with Crippen molar-refractivity contribution in [2.75, 3.05) is 12.4 Å². The van der Waals surface area contributed by atoms with Gasteiger partial charge in [0, 0.05) is 12.6 Å². The Morgan fingerprint density at radius 3 is 2.24 bits per heavy atom. The summed E-state index contributed by atoms with van der Waals surface area (Å²) in [6.07, 6.45) is 2.35. The van der Waals surface area contributed by atoms with Crippen molar-refractivity contribution in [3.05, 3.63) is 33.9 Å². The van der Waals surface area contributed by atoms with E-state index in [2.05, 4.69) is 10.6 Å². The van der Waals surface area contributed by atoms with Crippen LogP contribution in [0.2, 0.25) is 0 Å². The zero-order valence-electron chi connectivity index (χ0n) is 13.0. The minimum Gasteiger partial charge on any atom is -0.383 e. The Balaban J connectivity index is 3.22. The number of nitrogens with zero attached hydrogens (tertiary/aromatic N) is 1. The number of carbonyl (C=O) groups is 1. The molecule has 21 heavy (non-hydrogen) atoms. The summed E-state index contributed by atoms with van der Waals surface area (Å²) in [5.41, 5.74) is -0.0790. The molecule has 2 N–H and O–H groups in total. The zero-order valence-corrected chi connectivity index (χ0v) is 13.0. The molecule has 0 saturated heterocycles. The van der Waals surface area contributed by atoms with E-state index in [0.29, 0.717) is 5.69 Å². The highest BCUT2D eigenvalue weighted by Crippen LogP contribution is 2.29. The molecule has 6 heteroatoms. The second-order valence-electron chi connectivity index (χ2n) is 5.00. The first-order valence-corrected chi connectivity index (χ1v) is 7.22. The minimum atomic E-state index is -0.522. The van der Waals surface area contributed by atoms with Crippen LogP contribution in [-0.4, -0.2) is 23.4 Å². The summed E-state index contributed by atoms with van der Waals surface area (Å²) >= 11 is 0. The molecule has 1 rings (SSSR count). The molecule has 0 fully saturated rings. The number of benzene rings is 1. The van der Waals surface area contributed by atoms with Crippen molar-refractivity contribution < 1.29 is 9.72 Å². The van der Waals surface area contributed by atoms with Crippen LogP contribution in [0, 0.1) is 10.1 Å². The van der Waals surface area contributed by atoms with Crippen molar-refractivity contribution in [3.8, 4) is 0 Å². The van der Waals surface area contributed by atoms with Crippen molar-refractivity contribution in [1.29, 1.82) is 0 Å². The monoisotopic (exact) mass is 293 g/mol. The standard InChI is InChI=1S/C15H23N3O3/c1-5-15(6-2,7-3)17-14(19)11-9-8-10-12(16-4)13(11)18(20)21/h8-10,16H,5-7H2,1-4H3,(H,17,19). The molecule has 0 unspecified atom stereocenters. The lowest BCUT2D eigenvalue weighted by Gasteiger charge is -2.31. The van der Waals surface area contributed by atoms with E-state index < -0.39 is 10.8 Å². The Labute approximate surface area is 125 Å². The van der Waals surface area contributed by atoms with E-state index in [1.165, 1.54) is 6.07 Å². The van der Waals surface area contributed by atoms with Crippen LogP contribution in [0.4, 0.5) is 11.4 Å². The van der Waals surface area contributed by atoms with E-state index in [-0.39, 0.29) is 16.8 Å². The van der Waals surface area contributed by atoms with E-state index in [0.717, 1.165) is 19.3 Å². The van der Waals surface area contributed by atoms with Gasteiger partial charge in [0.25, 0.3) is 5.91 Å². The van der Waals surface area contributed by atoms with Crippen LogP contribution in [0.15, 0.2) is 18.2 Å². The second-order valence-corrected chi connectivity index (χ2v) is 5.00. The normalized spacial score (nSPS) is 11.0.